The third kappa shape index (κ3) is 11.3. The lowest BCUT2D eigenvalue weighted by Gasteiger charge is -2.33. The van der Waals surface area contributed by atoms with E-state index in [0.717, 1.165) is 42.6 Å². The molecule has 2 aromatic rings. The lowest BCUT2D eigenvalue weighted by molar-refractivity contribution is -0.138. The van der Waals surface area contributed by atoms with Crippen LogP contribution in [0.2, 0.25) is 0 Å². The second-order valence-electron chi connectivity index (χ2n) is 8.12. The van der Waals surface area contributed by atoms with Crippen LogP contribution in [0.25, 0.3) is 0 Å². The van der Waals surface area contributed by atoms with Crippen LogP contribution >= 0.6 is 11.9 Å². The summed E-state index contributed by atoms with van der Waals surface area (Å²) in [5.74, 6) is 3.73. The number of carbonyl (C=O) groups is 1. The molecule has 2 aromatic heterocycles. The molecule has 1 atom stereocenters. The Balaban J connectivity index is 0.000000491. The topological polar surface area (TPSA) is 117 Å². The van der Waals surface area contributed by atoms with Gasteiger partial charge in [0.1, 0.15) is 16.4 Å². The zero-order chi connectivity index (χ0) is 25.6. The molecule has 0 amide bonds. The molecule has 34 heavy (non-hydrogen) atoms. The molecule has 0 bridgehead atoms. The van der Waals surface area contributed by atoms with E-state index in [-0.39, 0.29) is 5.60 Å². The Morgan fingerprint density at radius 2 is 1.79 bits per heavy atom. The third-order valence-electron chi connectivity index (χ3n) is 4.18. The van der Waals surface area contributed by atoms with Crippen molar-refractivity contribution in [3.8, 4) is 12.3 Å². The number of hydrogen-bond acceptors (Lipinski definition) is 11. The molecule has 0 spiro atoms. The first-order valence-corrected chi connectivity index (χ1v) is 11.6. The number of hydrogen-bond donors (Lipinski definition) is 2. The molecule has 0 radical (unpaired) electrons. The molecule has 2 N–H and O–H groups in total. The minimum atomic E-state index is -0.539. The summed E-state index contributed by atoms with van der Waals surface area (Å²) in [4.78, 5) is 20.5. The predicted octanol–water partition coefficient (Wildman–Crippen LogP) is 2.79. The van der Waals surface area contributed by atoms with Gasteiger partial charge in [0, 0.05) is 51.2 Å². The van der Waals surface area contributed by atoms with E-state index in [0.29, 0.717) is 12.4 Å². The fraction of sp³-hybridized carbons (Fsp3) is 0.522. The molecule has 1 unspecified atom stereocenters. The molecule has 10 nitrogen and oxygen atoms in total. The van der Waals surface area contributed by atoms with E-state index in [2.05, 4.69) is 51.8 Å². The number of aliphatic hydroxyl groups excluding tert-OH is 1. The molecule has 0 aliphatic carbocycles. The van der Waals surface area contributed by atoms with Gasteiger partial charge in [-0.3, -0.25) is 4.79 Å². The Labute approximate surface area is 206 Å². The largest absolute Gasteiger partial charge is 0.462 e. The van der Waals surface area contributed by atoms with Crippen molar-refractivity contribution in [1.82, 2.24) is 24.5 Å². The van der Waals surface area contributed by atoms with E-state index in [1.165, 1.54) is 0 Å². The van der Waals surface area contributed by atoms with Crippen LogP contribution in [0.15, 0.2) is 29.6 Å². The highest BCUT2D eigenvalue weighted by Gasteiger charge is 2.20. The van der Waals surface area contributed by atoms with Crippen molar-refractivity contribution in [1.29, 1.82) is 0 Å². The number of carbonyl (C=O) groups excluding carboxylic acids is 1. The summed E-state index contributed by atoms with van der Waals surface area (Å²) < 4.78 is 6.82. The Bertz CT molecular complexity index is 873. The number of aromatic nitrogens is 4. The lowest BCUT2D eigenvalue weighted by Crippen LogP contribution is -2.44. The first kappa shape index (κ1) is 29.1. The Hall–Kier alpha value is -2.94. The molecule has 0 saturated carbocycles. The second-order valence-corrected chi connectivity index (χ2v) is 9.24. The smallest absolute Gasteiger partial charge is 0.293 e. The zero-order valence-corrected chi connectivity index (χ0v) is 21.5. The summed E-state index contributed by atoms with van der Waals surface area (Å²) in [6, 6.07) is 3.89. The van der Waals surface area contributed by atoms with Gasteiger partial charge in [-0.25, -0.2) is 14.3 Å². The van der Waals surface area contributed by atoms with Crippen LogP contribution < -0.4 is 10.2 Å². The molecule has 1 aliphatic heterocycles. The summed E-state index contributed by atoms with van der Waals surface area (Å²) in [5.41, 5.74) is 0.415. The second kappa shape index (κ2) is 15.1. The highest BCUT2D eigenvalue weighted by Crippen LogP contribution is 2.23. The van der Waals surface area contributed by atoms with Gasteiger partial charge in [0.05, 0.1) is 6.10 Å². The maximum atomic E-state index is 9.60. The van der Waals surface area contributed by atoms with Crippen molar-refractivity contribution in [2.24, 2.45) is 0 Å². The maximum Gasteiger partial charge on any atom is 0.293 e. The number of anilines is 2. The number of nitrogens with zero attached hydrogens (tertiary/aromatic N) is 6. The average molecular weight is 490 g/mol. The average Bonchev–Trinajstić information content (AvgIpc) is 2.80. The first-order chi connectivity index (χ1) is 16.1. The van der Waals surface area contributed by atoms with Crippen LogP contribution in [0.1, 0.15) is 46.3 Å². The van der Waals surface area contributed by atoms with Gasteiger partial charge in [-0.05, 0) is 58.7 Å². The molecule has 1 fully saturated rings. The van der Waals surface area contributed by atoms with E-state index in [1.54, 1.807) is 38.2 Å². The van der Waals surface area contributed by atoms with E-state index in [1.807, 2.05) is 40.0 Å². The molecule has 1 aliphatic rings. The van der Waals surface area contributed by atoms with Crippen molar-refractivity contribution in [2.45, 2.75) is 51.3 Å². The van der Waals surface area contributed by atoms with Crippen molar-refractivity contribution < 1.29 is 14.6 Å². The number of aliphatic hydroxyl groups is 1. The zero-order valence-electron chi connectivity index (χ0n) is 20.7. The van der Waals surface area contributed by atoms with Gasteiger partial charge >= 0.3 is 0 Å². The fourth-order valence-electron chi connectivity index (χ4n) is 2.47. The van der Waals surface area contributed by atoms with Crippen molar-refractivity contribution in [3.05, 3.63) is 30.1 Å². The summed E-state index contributed by atoms with van der Waals surface area (Å²) in [6.07, 6.45) is 7.43. The van der Waals surface area contributed by atoms with E-state index < -0.39 is 6.10 Å². The number of ether oxygens (including phenoxy) is 1. The molecular formula is C23H35N7O3S. The van der Waals surface area contributed by atoms with Crippen LogP contribution in [0.3, 0.4) is 0 Å². The van der Waals surface area contributed by atoms with Gasteiger partial charge < -0.3 is 20.1 Å². The molecule has 1 saturated heterocycles. The van der Waals surface area contributed by atoms with Gasteiger partial charge in [-0.15, -0.1) is 22.5 Å². The first-order valence-electron chi connectivity index (χ1n) is 10.8. The fourth-order valence-corrected chi connectivity index (χ4v) is 3.28. The van der Waals surface area contributed by atoms with Crippen LogP contribution in [-0.2, 0) is 9.53 Å². The summed E-state index contributed by atoms with van der Waals surface area (Å²) in [5, 5.41) is 21.6. The molecule has 186 valence electrons. The molecule has 3 rings (SSSR count). The SMILES string of the molecule is C#CC.CC(C)(C)OC=O.CNc1ccc(SN2CCN(c3ncc(C(C)O)cn3)CC2)nn1. The number of rotatable bonds is 6. The highest BCUT2D eigenvalue weighted by molar-refractivity contribution is 7.97. The summed E-state index contributed by atoms with van der Waals surface area (Å²) in [6.45, 7) is 12.8. The quantitative estimate of drug-likeness (QED) is 0.354. The van der Waals surface area contributed by atoms with Gasteiger partial charge in [-0.1, -0.05) is 0 Å². The number of piperazine rings is 1. The van der Waals surface area contributed by atoms with Gasteiger partial charge in [-0.2, -0.15) is 0 Å². The third-order valence-corrected chi connectivity index (χ3v) is 5.21. The standard InChI is InChI=1S/C15H21N7OS.C5H10O2.C3H4/c1-11(23)12-9-17-15(18-10-12)21-5-7-22(8-6-21)24-14-4-3-13(16-2)19-20-14;1-5(2,3)7-4-6;1-3-2/h3-4,9-11,23H,5-8H2,1-2H3,(H,16,19);4H,1-3H3;1H,2H3. The molecule has 3 heterocycles. The monoisotopic (exact) mass is 489 g/mol. The van der Waals surface area contributed by atoms with E-state index in [9.17, 15) is 9.90 Å². The Morgan fingerprint density at radius 1 is 1.21 bits per heavy atom. The van der Waals surface area contributed by atoms with E-state index in [4.69, 9.17) is 0 Å². The van der Waals surface area contributed by atoms with Crippen molar-refractivity contribution in [3.63, 3.8) is 0 Å². The highest BCUT2D eigenvalue weighted by atomic mass is 32.2. The number of nitrogens with one attached hydrogen (secondary N) is 1. The lowest BCUT2D eigenvalue weighted by atomic mass is 10.2. The van der Waals surface area contributed by atoms with Crippen LogP contribution in [-0.4, -0.2) is 74.9 Å². The van der Waals surface area contributed by atoms with Crippen LogP contribution in [0.5, 0.6) is 0 Å². The van der Waals surface area contributed by atoms with Gasteiger partial charge in [0.25, 0.3) is 6.47 Å². The predicted molar refractivity (Wildman–Crippen MR) is 135 cm³/mol. The molecule has 11 heteroatoms. The van der Waals surface area contributed by atoms with Crippen LogP contribution in [0, 0.1) is 12.3 Å². The molecule has 0 aromatic carbocycles. The van der Waals surface area contributed by atoms with E-state index >= 15 is 0 Å². The minimum Gasteiger partial charge on any atom is -0.462 e. The van der Waals surface area contributed by atoms with Crippen molar-refractivity contribution >= 4 is 30.2 Å². The summed E-state index contributed by atoms with van der Waals surface area (Å²) in [7, 11) is 1.83. The minimum absolute atomic E-state index is 0.318. The van der Waals surface area contributed by atoms with Crippen molar-refractivity contribution in [2.75, 3.05) is 43.4 Å². The summed E-state index contributed by atoms with van der Waals surface area (Å²) >= 11 is 1.62. The Kier molecular flexibility index (Phi) is 12.9. The Morgan fingerprint density at radius 3 is 2.18 bits per heavy atom. The normalized spacial score (nSPS) is 14.4. The van der Waals surface area contributed by atoms with Crippen LogP contribution in [0.4, 0.5) is 11.8 Å². The molecular weight excluding hydrogens is 454 g/mol. The van der Waals surface area contributed by atoms with Gasteiger partial charge in [0.2, 0.25) is 5.95 Å². The maximum absolute atomic E-state index is 9.60. The number of terminal acetylenes is 1. The van der Waals surface area contributed by atoms with Gasteiger partial charge in [0.15, 0.2) is 0 Å².